The van der Waals surface area contributed by atoms with E-state index in [9.17, 15) is 35.7 Å². The van der Waals surface area contributed by atoms with Gasteiger partial charge in [-0.1, -0.05) is 12.1 Å². The van der Waals surface area contributed by atoms with Crippen molar-refractivity contribution in [2.24, 2.45) is 0 Å². The average Bonchev–Trinajstić information content (AvgIpc) is 2.90. The van der Waals surface area contributed by atoms with E-state index in [1.165, 1.54) is 48.5 Å². The van der Waals surface area contributed by atoms with Crippen molar-refractivity contribution in [1.29, 1.82) is 0 Å². The molecule has 4 aromatic rings. The summed E-state index contributed by atoms with van der Waals surface area (Å²) in [7, 11) is 0. The average molecular weight is 545 g/mol. The molecule has 0 saturated heterocycles. The van der Waals surface area contributed by atoms with E-state index in [0.29, 0.717) is 22.3 Å². The van der Waals surface area contributed by atoms with Gasteiger partial charge in [-0.05, 0) is 42.0 Å². The number of aliphatic hydroxyl groups excluding tert-OH is 2. The standard InChI is InChI=1S/C30H24O10/c31-15-5-1-13(2-6-15)27-21(36)11-18-19(34)12-23-25(28(18)38-27)26-24-20(35)9-17(33)10-22(24)39-30(40-23,29(26)37)14-3-7-16(32)8-4-14/h1-10,12,21,26-27,29,31-37H,11H2/t21-,26-,27+,29-,30-/m1/s1. The lowest BCUT2D eigenvalue weighted by Gasteiger charge is -2.50. The van der Waals surface area contributed by atoms with E-state index in [2.05, 4.69) is 0 Å². The van der Waals surface area contributed by atoms with E-state index in [1.807, 2.05) is 0 Å². The Bertz CT molecular complexity index is 1650. The van der Waals surface area contributed by atoms with Gasteiger partial charge in [-0.3, -0.25) is 0 Å². The van der Waals surface area contributed by atoms with Gasteiger partial charge in [0.15, 0.2) is 0 Å². The second kappa shape index (κ2) is 8.35. The monoisotopic (exact) mass is 544 g/mol. The fourth-order valence-electron chi connectivity index (χ4n) is 5.99. The summed E-state index contributed by atoms with van der Waals surface area (Å²) in [6, 6.07) is 15.8. The third kappa shape index (κ3) is 3.36. The summed E-state index contributed by atoms with van der Waals surface area (Å²) in [5.41, 5.74) is 1.69. The Kier molecular flexibility index (Phi) is 5.06. The van der Waals surface area contributed by atoms with Gasteiger partial charge in [0.05, 0.1) is 12.0 Å². The van der Waals surface area contributed by atoms with Gasteiger partial charge in [-0.2, -0.15) is 0 Å². The molecule has 10 heteroatoms. The molecule has 0 unspecified atom stereocenters. The Morgan fingerprint density at radius 1 is 0.675 bits per heavy atom. The number of rotatable bonds is 2. The van der Waals surface area contributed by atoms with Crippen molar-refractivity contribution in [2.75, 3.05) is 0 Å². The molecule has 4 aromatic carbocycles. The molecule has 0 spiro atoms. The molecule has 0 radical (unpaired) electrons. The Labute approximate surface area is 227 Å². The van der Waals surface area contributed by atoms with Crippen LogP contribution in [0.1, 0.15) is 39.8 Å². The molecule has 0 aromatic heterocycles. The van der Waals surface area contributed by atoms with Crippen LogP contribution in [0.15, 0.2) is 66.7 Å². The second-order valence-corrected chi connectivity index (χ2v) is 10.2. The predicted octanol–water partition coefficient (Wildman–Crippen LogP) is 3.38. The minimum Gasteiger partial charge on any atom is -0.508 e. The summed E-state index contributed by atoms with van der Waals surface area (Å²) in [6.45, 7) is 0. The van der Waals surface area contributed by atoms with Crippen molar-refractivity contribution >= 4 is 0 Å². The number of aliphatic hydroxyl groups is 2. The normalized spacial score (nSPS) is 25.9. The summed E-state index contributed by atoms with van der Waals surface area (Å²) in [5, 5.41) is 74.7. The van der Waals surface area contributed by atoms with Crippen molar-refractivity contribution in [2.45, 2.75) is 36.4 Å². The van der Waals surface area contributed by atoms with Crippen molar-refractivity contribution in [3.63, 3.8) is 0 Å². The van der Waals surface area contributed by atoms with Crippen LogP contribution >= 0.6 is 0 Å². The fourth-order valence-corrected chi connectivity index (χ4v) is 5.99. The highest BCUT2D eigenvalue weighted by Gasteiger charge is 2.60. The number of aromatic hydroxyl groups is 5. The number of hydrogen-bond acceptors (Lipinski definition) is 10. The van der Waals surface area contributed by atoms with E-state index in [-0.39, 0.29) is 58.0 Å². The summed E-state index contributed by atoms with van der Waals surface area (Å²) < 4.78 is 18.9. The van der Waals surface area contributed by atoms with E-state index in [0.717, 1.165) is 6.07 Å². The maximum absolute atomic E-state index is 11.9. The van der Waals surface area contributed by atoms with E-state index in [4.69, 9.17) is 14.2 Å². The zero-order valence-corrected chi connectivity index (χ0v) is 20.7. The van der Waals surface area contributed by atoms with Gasteiger partial charge >= 0.3 is 5.79 Å². The molecule has 204 valence electrons. The van der Waals surface area contributed by atoms with Crippen molar-refractivity contribution in [1.82, 2.24) is 0 Å². The third-order valence-corrected chi connectivity index (χ3v) is 7.82. The molecule has 0 aliphatic carbocycles. The van der Waals surface area contributed by atoms with E-state index >= 15 is 0 Å². The predicted molar refractivity (Wildman–Crippen MR) is 138 cm³/mol. The van der Waals surface area contributed by atoms with E-state index < -0.39 is 30.0 Å². The van der Waals surface area contributed by atoms with Crippen molar-refractivity contribution in [3.05, 3.63) is 94.5 Å². The SMILES string of the molecule is Oc1ccc([C@@H]2Oc3c(c(O)cc4c3[C@H]3c5c(O)cc(O)cc5O[C@](c5ccc(O)cc5)(O4)[C@@H]3O)C[C@H]2O)cc1. The maximum Gasteiger partial charge on any atom is 0.305 e. The van der Waals surface area contributed by atoms with Crippen molar-refractivity contribution < 1.29 is 50.0 Å². The molecule has 0 amide bonds. The van der Waals surface area contributed by atoms with Crippen LogP contribution < -0.4 is 14.2 Å². The van der Waals surface area contributed by atoms with Gasteiger partial charge in [0, 0.05) is 46.9 Å². The molecule has 7 rings (SSSR count). The summed E-state index contributed by atoms with van der Waals surface area (Å²) in [5.74, 6) is -3.36. The number of phenolic OH excluding ortho intramolecular Hbond substituents is 5. The zero-order chi connectivity index (χ0) is 27.9. The first-order chi connectivity index (χ1) is 19.2. The number of benzene rings is 4. The largest absolute Gasteiger partial charge is 0.508 e. The van der Waals surface area contributed by atoms with Crippen molar-refractivity contribution in [3.8, 4) is 46.0 Å². The summed E-state index contributed by atoms with van der Waals surface area (Å²) in [6.07, 6.45) is -3.38. The van der Waals surface area contributed by atoms with Gasteiger partial charge in [0.1, 0.15) is 58.2 Å². The Hall–Kier alpha value is -4.80. The Balaban J connectivity index is 1.47. The Morgan fingerprint density at radius 2 is 1.30 bits per heavy atom. The lowest BCUT2D eigenvalue weighted by atomic mass is 9.74. The van der Waals surface area contributed by atoms with Crippen LogP contribution in [0.4, 0.5) is 0 Å². The molecule has 3 heterocycles. The molecular formula is C30H24O10. The molecule has 3 aliphatic heterocycles. The van der Waals surface area contributed by atoms with Gasteiger partial charge in [-0.25, -0.2) is 0 Å². The molecule has 7 N–H and O–H groups in total. The van der Waals surface area contributed by atoms with Crippen LogP contribution in [0.3, 0.4) is 0 Å². The summed E-state index contributed by atoms with van der Waals surface area (Å²) in [4.78, 5) is 0. The van der Waals surface area contributed by atoms with Gasteiger partial charge in [-0.15, -0.1) is 0 Å². The fraction of sp³-hybridized carbons (Fsp3) is 0.200. The second-order valence-electron chi connectivity index (χ2n) is 10.2. The number of fused-ring (bicyclic) bond motifs is 8. The Morgan fingerprint density at radius 3 is 1.98 bits per heavy atom. The minimum absolute atomic E-state index is 0.0107. The first-order valence-corrected chi connectivity index (χ1v) is 12.6. The minimum atomic E-state index is -1.89. The van der Waals surface area contributed by atoms with Crippen LogP contribution in [-0.2, 0) is 12.2 Å². The van der Waals surface area contributed by atoms with E-state index in [1.54, 1.807) is 12.1 Å². The van der Waals surface area contributed by atoms with Crippen LogP contribution in [0.2, 0.25) is 0 Å². The maximum atomic E-state index is 11.9. The lowest BCUT2D eigenvalue weighted by molar-refractivity contribution is -0.219. The number of ether oxygens (including phenoxy) is 3. The number of phenols is 5. The van der Waals surface area contributed by atoms with Crippen LogP contribution in [0.25, 0.3) is 0 Å². The molecule has 0 saturated carbocycles. The first-order valence-electron chi connectivity index (χ1n) is 12.6. The van der Waals surface area contributed by atoms with Gasteiger partial charge in [0.2, 0.25) is 0 Å². The van der Waals surface area contributed by atoms with Crippen LogP contribution in [-0.4, -0.2) is 48.0 Å². The quantitative estimate of drug-likeness (QED) is 0.199. The molecule has 5 atom stereocenters. The highest BCUT2D eigenvalue weighted by atomic mass is 16.7. The summed E-state index contributed by atoms with van der Waals surface area (Å²) >= 11 is 0. The molecule has 10 nitrogen and oxygen atoms in total. The van der Waals surface area contributed by atoms with Gasteiger partial charge < -0.3 is 50.0 Å². The molecule has 2 bridgehead atoms. The molecule has 40 heavy (non-hydrogen) atoms. The highest BCUT2D eigenvalue weighted by Crippen LogP contribution is 2.62. The van der Waals surface area contributed by atoms with Crippen LogP contribution in [0.5, 0.6) is 46.0 Å². The molecule has 0 fully saturated rings. The van der Waals surface area contributed by atoms with Gasteiger partial charge in [0.25, 0.3) is 0 Å². The molecular weight excluding hydrogens is 520 g/mol. The smallest absolute Gasteiger partial charge is 0.305 e. The molecule has 3 aliphatic rings. The van der Waals surface area contributed by atoms with Crippen LogP contribution in [0, 0.1) is 0 Å². The topological polar surface area (TPSA) is 169 Å². The third-order valence-electron chi connectivity index (χ3n) is 7.82. The highest BCUT2D eigenvalue weighted by molar-refractivity contribution is 5.67. The number of hydrogen-bond donors (Lipinski definition) is 7. The zero-order valence-electron chi connectivity index (χ0n) is 20.7. The first kappa shape index (κ1) is 24.3. The lowest BCUT2D eigenvalue weighted by Crippen LogP contribution is -2.57.